The van der Waals surface area contributed by atoms with Crippen molar-refractivity contribution in [3.05, 3.63) is 23.5 Å². The number of hydrogen-bond donors (Lipinski definition) is 1. The number of halogens is 1. The van der Waals surface area contributed by atoms with Crippen LogP contribution < -0.4 is 10.5 Å². The minimum atomic E-state index is -0.603. The molecule has 0 aromatic heterocycles. The summed E-state index contributed by atoms with van der Waals surface area (Å²) in [6.07, 6.45) is -0.0730. The maximum atomic E-state index is 13.2. The van der Waals surface area contributed by atoms with E-state index in [0.29, 0.717) is 11.3 Å². The first kappa shape index (κ1) is 11.3. The van der Waals surface area contributed by atoms with Crippen LogP contribution in [0.15, 0.2) is 12.1 Å². The van der Waals surface area contributed by atoms with E-state index in [0.717, 1.165) is 6.07 Å². The van der Waals surface area contributed by atoms with E-state index in [4.69, 9.17) is 10.5 Å². The fraction of sp³-hybridized carbons (Fsp3) is 0.300. The maximum absolute atomic E-state index is 13.2. The van der Waals surface area contributed by atoms with Crippen LogP contribution in [-0.4, -0.2) is 20.2 Å². The van der Waals surface area contributed by atoms with Gasteiger partial charge in [-0.25, -0.2) is 4.39 Å². The molecule has 0 unspecified atom stereocenters. The summed E-state index contributed by atoms with van der Waals surface area (Å²) in [4.78, 5) is 11.0. The van der Waals surface area contributed by atoms with Gasteiger partial charge in [0.15, 0.2) is 0 Å². The predicted octanol–water partition coefficient (Wildman–Crippen LogP) is 1.13. The Kier molecular flexibility index (Phi) is 3.49. The zero-order valence-corrected chi connectivity index (χ0v) is 8.54. The molecule has 1 aromatic rings. The highest BCUT2D eigenvalue weighted by molar-refractivity contribution is 5.75. The van der Waals surface area contributed by atoms with E-state index in [-0.39, 0.29) is 12.1 Å². The number of hydrogen-bond acceptors (Lipinski definition) is 4. The number of esters is 1. The summed E-state index contributed by atoms with van der Waals surface area (Å²) >= 11 is 0. The summed E-state index contributed by atoms with van der Waals surface area (Å²) in [5.74, 6) is -0.761. The van der Waals surface area contributed by atoms with Gasteiger partial charge in [0.25, 0.3) is 0 Å². The van der Waals surface area contributed by atoms with Crippen molar-refractivity contribution in [3.8, 4) is 5.75 Å². The molecule has 4 nitrogen and oxygen atoms in total. The fourth-order valence-corrected chi connectivity index (χ4v) is 1.14. The monoisotopic (exact) mass is 213 g/mol. The molecular formula is C10H12FNO3. The second-order valence-corrected chi connectivity index (χ2v) is 2.93. The normalized spacial score (nSPS) is 9.80. The van der Waals surface area contributed by atoms with Crippen LogP contribution in [0, 0.1) is 5.82 Å². The van der Waals surface area contributed by atoms with Crippen LogP contribution >= 0.6 is 0 Å². The van der Waals surface area contributed by atoms with E-state index in [1.165, 1.54) is 20.3 Å². The van der Waals surface area contributed by atoms with Crippen LogP contribution in [0.25, 0.3) is 0 Å². The third-order valence-electron chi connectivity index (χ3n) is 1.99. The number of nitrogen functional groups attached to an aromatic ring is 1. The van der Waals surface area contributed by atoms with Crippen molar-refractivity contribution in [2.75, 3.05) is 20.0 Å². The SMILES string of the molecule is COC(=O)Cc1cc(OC)cc(F)c1N. The van der Waals surface area contributed by atoms with E-state index in [9.17, 15) is 9.18 Å². The van der Waals surface area contributed by atoms with Gasteiger partial charge in [0.05, 0.1) is 26.3 Å². The second kappa shape index (κ2) is 4.63. The van der Waals surface area contributed by atoms with Crippen LogP contribution in [0.1, 0.15) is 5.56 Å². The molecule has 0 atom stereocenters. The van der Waals surface area contributed by atoms with Gasteiger partial charge in [-0.2, -0.15) is 0 Å². The second-order valence-electron chi connectivity index (χ2n) is 2.93. The summed E-state index contributed by atoms with van der Waals surface area (Å²) in [6, 6.07) is 2.67. The molecule has 82 valence electrons. The molecule has 0 spiro atoms. The zero-order valence-electron chi connectivity index (χ0n) is 8.54. The highest BCUT2D eigenvalue weighted by Crippen LogP contribution is 2.24. The first-order valence-corrected chi connectivity index (χ1v) is 4.27. The summed E-state index contributed by atoms with van der Waals surface area (Å²) < 4.78 is 22.5. The predicted molar refractivity (Wildman–Crippen MR) is 53.1 cm³/mol. The van der Waals surface area contributed by atoms with Crippen molar-refractivity contribution in [2.45, 2.75) is 6.42 Å². The van der Waals surface area contributed by atoms with Crippen molar-refractivity contribution in [3.63, 3.8) is 0 Å². The van der Waals surface area contributed by atoms with E-state index < -0.39 is 11.8 Å². The van der Waals surface area contributed by atoms with Gasteiger partial charge < -0.3 is 15.2 Å². The van der Waals surface area contributed by atoms with E-state index in [1.54, 1.807) is 0 Å². The third-order valence-corrected chi connectivity index (χ3v) is 1.99. The van der Waals surface area contributed by atoms with Crippen molar-refractivity contribution >= 4 is 11.7 Å². The average molecular weight is 213 g/mol. The Morgan fingerprint density at radius 3 is 2.67 bits per heavy atom. The molecule has 0 aliphatic heterocycles. The number of anilines is 1. The van der Waals surface area contributed by atoms with Gasteiger partial charge in [-0.1, -0.05) is 0 Å². The molecule has 0 heterocycles. The molecule has 0 saturated heterocycles. The minimum absolute atomic E-state index is 0.0544. The number of benzene rings is 1. The van der Waals surface area contributed by atoms with Gasteiger partial charge >= 0.3 is 5.97 Å². The maximum Gasteiger partial charge on any atom is 0.310 e. The lowest BCUT2D eigenvalue weighted by Crippen LogP contribution is -2.08. The van der Waals surface area contributed by atoms with Gasteiger partial charge in [-0.3, -0.25) is 4.79 Å². The molecule has 0 aliphatic rings. The number of carbonyl (C=O) groups is 1. The molecule has 0 radical (unpaired) electrons. The van der Waals surface area contributed by atoms with Gasteiger partial charge in [-0.05, 0) is 11.6 Å². The van der Waals surface area contributed by atoms with Crippen LogP contribution in [0.4, 0.5) is 10.1 Å². The van der Waals surface area contributed by atoms with Crippen LogP contribution in [0.3, 0.4) is 0 Å². The lowest BCUT2D eigenvalue weighted by Gasteiger charge is -2.08. The molecule has 2 N–H and O–H groups in total. The molecular weight excluding hydrogens is 201 g/mol. The molecule has 0 bridgehead atoms. The van der Waals surface area contributed by atoms with E-state index in [2.05, 4.69) is 4.74 Å². The van der Waals surface area contributed by atoms with Crippen molar-refractivity contribution in [1.82, 2.24) is 0 Å². The standard InChI is InChI=1S/C10H12FNO3/c1-14-7-3-6(4-9(13)15-2)10(12)8(11)5-7/h3,5H,4,12H2,1-2H3. The van der Waals surface area contributed by atoms with Crippen LogP contribution in [0.5, 0.6) is 5.75 Å². The number of nitrogens with two attached hydrogens (primary N) is 1. The molecule has 0 fully saturated rings. The Morgan fingerprint density at radius 2 is 2.13 bits per heavy atom. The third kappa shape index (κ3) is 2.59. The van der Waals surface area contributed by atoms with Crippen LogP contribution in [0.2, 0.25) is 0 Å². The number of rotatable bonds is 3. The van der Waals surface area contributed by atoms with Gasteiger partial charge in [0, 0.05) is 6.07 Å². The lowest BCUT2D eigenvalue weighted by atomic mass is 10.1. The Labute approximate surface area is 86.8 Å². The molecule has 0 saturated carbocycles. The zero-order chi connectivity index (χ0) is 11.4. The Morgan fingerprint density at radius 1 is 1.47 bits per heavy atom. The van der Waals surface area contributed by atoms with Gasteiger partial charge in [-0.15, -0.1) is 0 Å². The molecule has 15 heavy (non-hydrogen) atoms. The summed E-state index contributed by atoms with van der Waals surface area (Å²) in [5, 5.41) is 0. The van der Waals surface area contributed by atoms with E-state index in [1.807, 2.05) is 0 Å². The quantitative estimate of drug-likeness (QED) is 0.604. The Hall–Kier alpha value is -1.78. The number of methoxy groups -OCH3 is 2. The Balaban J connectivity index is 3.05. The topological polar surface area (TPSA) is 61.5 Å². The van der Waals surface area contributed by atoms with Crippen molar-refractivity contribution in [2.24, 2.45) is 0 Å². The average Bonchev–Trinajstić information content (AvgIpc) is 2.24. The lowest BCUT2D eigenvalue weighted by molar-refractivity contribution is -0.139. The summed E-state index contributed by atoms with van der Waals surface area (Å²) in [6.45, 7) is 0. The number of carbonyl (C=O) groups excluding carboxylic acids is 1. The summed E-state index contributed by atoms with van der Waals surface area (Å²) in [7, 11) is 2.67. The summed E-state index contributed by atoms with van der Waals surface area (Å²) in [5.41, 5.74) is 5.78. The molecule has 1 aromatic carbocycles. The largest absolute Gasteiger partial charge is 0.497 e. The van der Waals surface area contributed by atoms with Crippen molar-refractivity contribution in [1.29, 1.82) is 0 Å². The van der Waals surface area contributed by atoms with Crippen molar-refractivity contribution < 1.29 is 18.7 Å². The van der Waals surface area contributed by atoms with Gasteiger partial charge in [0.1, 0.15) is 11.6 Å². The highest BCUT2D eigenvalue weighted by Gasteiger charge is 2.12. The molecule has 1 rings (SSSR count). The smallest absolute Gasteiger partial charge is 0.310 e. The van der Waals surface area contributed by atoms with Crippen LogP contribution in [-0.2, 0) is 16.0 Å². The minimum Gasteiger partial charge on any atom is -0.497 e. The first-order valence-electron chi connectivity index (χ1n) is 4.27. The fourth-order valence-electron chi connectivity index (χ4n) is 1.14. The van der Waals surface area contributed by atoms with Gasteiger partial charge in [0.2, 0.25) is 0 Å². The molecule has 5 heteroatoms. The highest BCUT2D eigenvalue weighted by atomic mass is 19.1. The molecule has 0 aliphatic carbocycles. The molecule has 0 amide bonds. The van der Waals surface area contributed by atoms with E-state index >= 15 is 0 Å². The number of ether oxygens (including phenoxy) is 2. The Bertz CT molecular complexity index is 379. The first-order chi connectivity index (χ1) is 7.08.